The van der Waals surface area contributed by atoms with E-state index in [-0.39, 0.29) is 21.9 Å². The second-order valence-corrected chi connectivity index (χ2v) is 11.8. The molecule has 1 saturated heterocycles. The number of nitrogens with one attached hydrogen (secondary N) is 1. The van der Waals surface area contributed by atoms with Gasteiger partial charge in [0.2, 0.25) is 21.1 Å². The van der Waals surface area contributed by atoms with Crippen molar-refractivity contribution in [2.75, 3.05) is 32.1 Å². The Bertz CT molecular complexity index is 1490. The van der Waals surface area contributed by atoms with E-state index in [2.05, 4.69) is 20.0 Å². The van der Waals surface area contributed by atoms with Gasteiger partial charge in [0.15, 0.2) is 5.01 Å². The zero-order valence-corrected chi connectivity index (χ0v) is 21.0. The topological polar surface area (TPSA) is 137 Å². The number of anilines is 1. The van der Waals surface area contributed by atoms with Crippen molar-refractivity contribution >= 4 is 43.9 Å². The predicted octanol–water partition coefficient (Wildman–Crippen LogP) is 2.06. The molecule has 1 aromatic carbocycles. The van der Waals surface area contributed by atoms with Gasteiger partial charge in [-0.3, -0.25) is 4.79 Å². The Balaban J connectivity index is 1.62. The van der Waals surface area contributed by atoms with E-state index in [4.69, 9.17) is 0 Å². The third kappa shape index (κ3) is 4.29. The van der Waals surface area contributed by atoms with Gasteiger partial charge in [0.25, 0.3) is 6.43 Å². The van der Waals surface area contributed by atoms with Crippen LogP contribution in [-0.2, 0) is 14.8 Å². The van der Waals surface area contributed by atoms with Crippen LogP contribution in [0.25, 0.3) is 16.0 Å². The molecule has 1 N–H and O–H groups in total. The number of carbonyl (C=O) groups is 1. The molecule has 1 aliphatic heterocycles. The van der Waals surface area contributed by atoms with Gasteiger partial charge in [0.05, 0.1) is 28.6 Å². The first kappa shape index (κ1) is 24.5. The first-order chi connectivity index (χ1) is 17.0. The van der Waals surface area contributed by atoms with Crippen LogP contribution in [0.15, 0.2) is 23.2 Å². The van der Waals surface area contributed by atoms with Crippen molar-refractivity contribution in [2.45, 2.75) is 36.1 Å². The Morgan fingerprint density at radius 1 is 1.33 bits per heavy atom. The normalized spacial score (nSPS) is 19.1. The summed E-state index contributed by atoms with van der Waals surface area (Å²) in [5.74, 6) is -0.276. The van der Waals surface area contributed by atoms with Crippen LogP contribution in [0.5, 0.6) is 0 Å². The lowest BCUT2D eigenvalue weighted by Crippen LogP contribution is -2.35. The summed E-state index contributed by atoms with van der Waals surface area (Å²) in [6, 6.07) is 4.89. The van der Waals surface area contributed by atoms with Crippen molar-refractivity contribution in [3.8, 4) is 11.2 Å². The van der Waals surface area contributed by atoms with Gasteiger partial charge in [-0.2, -0.15) is 15.1 Å². The van der Waals surface area contributed by atoms with Crippen molar-refractivity contribution in [3.05, 3.63) is 23.3 Å². The molecule has 0 bridgehead atoms. The smallest absolute Gasteiger partial charge is 0.291 e. The number of nitriles is 1. The maximum Gasteiger partial charge on any atom is 0.291 e. The number of carbonyl (C=O) groups excluding carboxylic acids is 1. The largest absolute Gasteiger partial charge is 0.370 e. The van der Waals surface area contributed by atoms with Crippen LogP contribution in [0.2, 0.25) is 0 Å². The Morgan fingerprint density at radius 2 is 2.08 bits per heavy atom. The first-order valence-corrected chi connectivity index (χ1v) is 13.4. The number of aromatic nitrogens is 4. The molecule has 36 heavy (non-hydrogen) atoms. The number of alkyl halides is 2. The molecular formula is C21H22F2N8O3S2. The van der Waals surface area contributed by atoms with E-state index in [1.165, 1.54) is 27.9 Å². The maximum atomic E-state index is 13.3. The van der Waals surface area contributed by atoms with Crippen LogP contribution in [0.1, 0.15) is 30.7 Å². The lowest BCUT2D eigenvalue weighted by Gasteiger charge is -2.22. The minimum atomic E-state index is -4.11. The summed E-state index contributed by atoms with van der Waals surface area (Å²) in [5, 5.41) is 21.1. The number of benzene rings is 1. The minimum Gasteiger partial charge on any atom is -0.370 e. The molecule has 0 radical (unpaired) electrons. The molecule has 2 fully saturated rings. The Morgan fingerprint density at radius 3 is 2.69 bits per heavy atom. The fourth-order valence-corrected chi connectivity index (χ4v) is 6.36. The minimum absolute atomic E-state index is 0.0204. The highest BCUT2D eigenvalue weighted by atomic mass is 32.2. The van der Waals surface area contributed by atoms with Crippen LogP contribution in [0, 0.1) is 17.2 Å². The number of rotatable bonds is 7. The summed E-state index contributed by atoms with van der Waals surface area (Å²) in [6.45, 7) is 0.891. The Kier molecular flexibility index (Phi) is 5.92. The predicted molar refractivity (Wildman–Crippen MR) is 126 cm³/mol. The number of fused-ring (bicyclic) bond motifs is 1. The number of amides is 1. The van der Waals surface area contributed by atoms with Gasteiger partial charge in [0, 0.05) is 38.3 Å². The monoisotopic (exact) mass is 536 g/mol. The molecule has 2 aliphatic rings. The van der Waals surface area contributed by atoms with Crippen molar-refractivity contribution < 1.29 is 22.0 Å². The van der Waals surface area contributed by atoms with E-state index in [1.54, 1.807) is 14.1 Å². The molecule has 3 aromatic rings. The van der Waals surface area contributed by atoms with E-state index >= 15 is 0 Å². The van der Waals surface area contributed by atoms with E-state index in [1.807, 2.05) is 11.0 Å². The van der Waals surface area contributed by atoms with Crippen molar-refractivity contribution in [1.29, 1.82) is 5.26 Å². The van der Waals surface area contributed by atoms with Gasteiger partial charge < -0.3 is 9.80 Å². The molecular weight excluding hydrogens is 514 g/mol. The number of nitrogens with zero attached hydrogens (tertiary/aromatic N) is 7. The highest BCUT2D eigenvalue weighted by Gasteiger charge is 2.47. The summed E-state index contributed by atoms with van der Waals surface area (Å²) in [4.78, 5) is 15.9. The highest BCUT2D eigenvalue weighted by Crippen LogP contribution is 2.39. The van der Waals surface area contributed by atoms with E-state index in [9.17, 15) is 27.3 Å². The van der Waals surface area contributed by atoms with E-state index < -0.39 is 27.0 Å². The zero-order valence-electron chi connectivity index (χ0n) is 19.3. The maximum absolute atomic E-state index is 13.3. The molecule has 1 unspecified atom stereocenters. The SMILES string of the molecule is CN(C)C(=O)C1CCN(c2cc(S(=O)(=O)NC3(C#N)CC3)cc3c2cnn3-c2nnc(C(F)F)s2)C1. The van der Waals surface area contributed by atoms with Gasteiger partial charge in [-0.1, -0.05) is 11.3 Å². The van der Waals surface area contributed by atoms with Gasteiger partial charge in [-0.15, -0.1) is 10.2 Å². The molecule has 15 heteroatoms. The molecule has 11 nitrogen and oxygen atoms in total. The first-order valence-electron chi connectivity index (χ1n) is 11.1. The quantitative estimate of drug-likeness (QED) is 0.485. The standard InChI is InChI=1S/C21H22F2N8O3S2/c1-29(2)19(32)12-3-6-30(10-12)15-7-13(36(33,34)28-21(11-24)4-5-21)8-16-14(15)9-25-31(16)20-27-26-18(35-20)17(22)23/h7-9,12,17,28H,3-6,10H2,1-2H3. The molecule has 3 heterocycles. The van der Waals surface area contributed by atoms with Crippen LogP contribution >= 0.6 is 11.3 Å². The fourth-order valence-electron chi connectivity index (χ4n) is 4.28. The molecule has 1 aliphatic carbocycles. The average molecular weight is 537 g/mol. The average Bonchev–Trinajstić information content (AvgIpc) is 3.25. The molecule has 0 spiro atoms. The Hall–Kier alpha value is -3.22. The van der Waals surface area contributed by atoms with Crippen molar-refractivity contribution in [1.82, 2.24) is 29.6 Å². The van der Waals surface area contributed by atoms with Gasteiger partial charge >= 0.3 is 0 Å². The summed E-state index contributed by atoms with van der Waals surface area (Å²) in [7, 11) is -0.737. The van der Waals surface area contributed by atoms with E-state index in [0.717, 1.165) is 0 Å². The number of halogens is 2. The highest BCUT2D eigenvalue weighted by molar-refractivity contribution is 7.89. The molecule has 2 aromatic heterocycles. The van der Waals surface area contributed by atoms with Crippen molar-refractivity contribution in [2.24, 2.45) is 5.92 Å². The number of hydrogen-bond donors (Lipinski definition) is 1. The molecule has 190 valence electrons. The lowest BCUT2D eigenvalue weighted by atomic mass is 10.1. The van der Waals surface area contributed by atoms with Crippen LogP contribution < -0.4 is 9.62 Å². The van der Waals surface area contributed by atoms with Crippen LogP contribution in [-0.4, -0.2) is 71.9 Å². The third-order valence-electron chi connectivity index (χ3n) is 6.36. The van der Waals surface area contributed by atoms with Gasteiger partial charge in [-0.25, -0.2) is 21.9 Å². The molecule has 1 saturated carbocycles. The summed E-state index contributed by atoms with van der Waals surface area (Å²) in [6.07, 6.45) is 0.129. The Labute approximate surface area is 209 Å². The summed E-state index contributed by atoms with van der Waals surface area (Å²) in [5.41, 5.74) is -0.265. The van der Waals surface area contributed by atoms with Crippen LogP contribution in [0.4, 0.5) is 14.5 Å². The number of sulfonamides is 1. The van der Waals surface area contributed by atoms with E-state index in [0.29, 0.717) is 60.3 Å². The lowest BCUT2D eigenvalue weighted by molar-refractivity contribution is -0.132. The summed E-state index contributed by atoms with van der Waals surface area (Å²) >= 11 is 0.652. The van der Waals surface area contributed by atoms with Crippen LogP contribution in [0.3, 0.4) is 0 Å². The van der Waals surface area contributed by atoms with Gasteiger partial charge in [-0.05, 0) is 31.4 Å². The molecule has 5 rings (SSSR count). The second-order valence-electron chi connectivity index (χ2n) is 9.12. The second kappa shape index (κ2) is 8.71. The molecule has 1 atom stereocenters. The van der Waals surface area contributed by atoms with Gasteiger partial charge in [0.1, 0.15) is 5.54 Å². The molecule has 1 amide bonds. The summed E-state index contributed by atoms with van der Waals surface area (Å²) < 4.78 is 56.5. The zero-order chi connectivity index (χ0) is 25.8. The third-order valence-corrected chi connectivity index (χ3v) is 8.78. The number of hydrogen-bond acceptors (Lipinski definition) is 9. The fraction of sp³-hybridized carbons (Fsp3) is 0.476. The van der Waals surface area contributed by atoms with Crippen molar-refractivity contribution in [3.63, 3.8) is 0 Å².